The molecule has 29 heavy (non-hydrogen) atoms. The van der Waals surface area contributed by atoms with E-state index in [0.717, 1.165) is 13.0 Å². The van der Waals surface area contributed by atoms with Crippen LogP contribution in [0.1, 0.15) is 116 Å². The molecule has 0 radical (unpaired) electrons. The fraction of sp³-hybridized carbons (Fsp3) is 0.833. The smallest absolute Gasteiger partial charge is 0.221 e. The zero-order valence-corrected chi connectivity index (χ0v) is 19.5. The molecule has 0 saturated carbocycles. The topological polar surface area (TPSA) is 46.9 Å². The summed E-state index contributed by atoms with van der Waals surface area (Å²) in [5.41, 5.74) is 0. The van der Waals surface area contributed by atoms with Crippen LogP contribution < -0.4 is 5.32 Å². The molecule has 0 bridgehead atoms. The van der Waals surface area contributed by atoms with Crippen molar-refractivity contribution < 1.29 is 4.79 Å². The summed E-state index contributed by atoms with van der Waals surface area (Å²) in [6.07, 6.45) is 25.7. The van der Waals surface area contributed by atoms with Crippen LogP contribution in [0.4, 0.5) is 0 Å². The first-order valence-corrected chi connectivity index (χ1v) is 12.5. The van der Waals surface area contributed by atoms with E-state index in [1.54, 1.807) is 17.1 Å². The quantitative estimate of drug-likeness (QED) is 0.223. The van der Waals surface area contributed by atoms with Crippen LogP contribution in [-0.4, -0.2) is 22.2 Å². The maximum absolute atomic E-state index is 11.8. The number of nitrogens with zero attached hydrogens (tertiary/aromatic N) is 2. The third-order valence-corrected chi connectivity index (χ3v) is 5.72. The molecule has 1 aromatic heterocycles. The summed E-state index contributed by atoms with van der Waals surface area (Å²) in [5.74, 6) is 0.0950. The summed E-state index contributed by atoms with van der Waals surface area (Å²) in [6.45, 7) is 3.65. The summed E-state index contributed by atoms with van der Waals surface area (Å²) < 4.78 is 1.70. The van der Waals surface area contributed by atoms with E-state index in [0.29, 0.717) is 18.0 Å². The van der Waals surface area contributed by atoms with Gasteiger partial charge in [0.1, 0.15) is 0 Å². The molecule has 0 unspecified atom stereocenters. The van der Waals surface area contributed by atoms with Gasteiger partial charge in [0.25, 0.3) is 0 Å². The van der Waals surface area contributed by atoms with Gasteiger partial charge in [-0.3, -0.25) is 9.48 Å². The van der Waals surface area contributed by atoms with Crippen molar-refractivity contribution in [1.29, 1.82) is 0 Å². The summed E-state index contributed by atoms with van der Waals surface area (Å²) in [4.78, 5) is 11.8. The van der Waals surface area contributed by atoms with Crippen LogP contribution in [0.25, 0.3) is 0 Å². The Bertz CT molecular complexity index is 504. The Kier molecular flexibility index (Phi) is 17.0. The van der Waals surface area contributed by atoms with E-state index in [1.165, 1.54) is 96.3 Å². The molecule has 5 heteroatoms. The van der Waals surface area contributed by atoms with Crippen LogP contribution in [0, 0.1) is 0 Å². The molecule has 1 amide bonds. The van der Waals surface area contributed by atoms with Gasteiger partial charge < -0.3 is 5.32 Å². The van der Waals surface area contributed by atoms with E-state index < -0.39 is 0 Å². The molecular weight excluding hydrogens is 382 g/mol. The molecule has 1 rings (SSSR count). The molecule has 0 aliphatic rings. The Balaban J connectivity index is 1.74. The van der Waals surface area contributed by atoms with Gasteiger partial charge in [0.05, 0.1) is 11.2 Å². The molecule has 0 fully saturated rings. The summed E-state index contributed by atoms with van der Waals surface area (Å²) in [5, 5.41) is 7.68. The fourth-order valence-corrected chi connectivity index (χ4v) is 3.82. The Morgan fingerprint density at radius 2 is 1.34 bits per heavy atom. The number of aryl methyl sites for hydroxylation is 1. The van der Waals surface area contributed by atoms with E-state index >= 15 is 0 Å². The predicted molar refractivity (Wildman–Crippen MR) is 124 cm³/mol. The Hall–Kier alpha value is -1.03. The predicted octanol–water partition coefficient (Wildman–Crippen LogP) is 7.30. The highest BCUT2D eigenvalue weighted by molar-refractivity contribution is 6.30. The number of carbonyl (C=O) groups excluding carboxylic acids is 1. The number of unbranched alkanes of at least 4 members (excludes halogenated alkanes) is 15. The van der Waals surface area contributed by atoms with Gasteiger partial charge in [0.2, 0.25) is 5.91 Å². The lowest BCUT2D eigenvalue weighted by Crippen LogP contribution is -2.25. The molecular formula is C24H44ClN3O. The third-order valence-electron chi connectivity index (χ3n) is 5.52. The van der Waals surface area contributed by atoms with Crippen LogP contribution in [0.2, 0.25) is 5.02 Å². The van der Waals surface area contributed by atoms with Gasteiger partial charge in [0.15, 0.2) is 0 Å². The van der Waals surface area contributed by atoms with Crippen molar-refractivity contribution in [2.75, 3.05) is 6.54 Å². The first-order chi connectivity index (χ1) is 14.2. The highest BCUT2D eigenvalue weighted by Gasteiger charge is 2.02. The van der Waals surface area contributed by atoms with Crippen molar-refractivity contribution in [3.8, 4) is 0 Å². The second kappa shape index (κ2) is 19.0. The first-order valence-electron chi connectivity index (χ1n) is 12.2. The van der Waals surface area contributed by atoms with Crippen LogP contribution in [0.5, 0.6) is 0 Å². The minimum absolute atomic E-state index is 0.0950. The van der Waals surface area contributed by atoms with Gasteiger partial charge in [-0.05, 0) is 6.42 Å². The van der Waals surface area contributed by atoms with Crippen LogP contribution in [0.3, 0.4) is 0 Å². The largest absolute Gasteiger partial charge is 0.356 e. The molecule has 4 nitrogen and oxygen atoms in total. The molecule has 168 valence electrons. The molecule has 0 aliphatic carbocycles. The van der Waals surface area contributed by atoms with Crippen LogP contribution in [0.15, 0.2) is 12.4 Å². The lowest BCUT2D eigenvalue weighted by atomic mass is 10.0. The molecule has 0 aromatic carbocycles. The number of carbonyl (C=O) groups is 1. The Labute approximate surface area is 184 Å². The van der Waals surface area contributed by atoms with E-state index in [9.17, 15) is 4.79 Å². The van der Waals surface area contributed by atoms with Crippen molar-refractivity contribution in [2.24, 2.45) is 0 Å². The minimum Gasteiger partial charge on any atom is -0.356 e. The third kappa shape index (κ3) is 16.5. The summed E-state index contributed by atoms with van der Waals surface area (Å²) in [7, 11) is 0. The molecule has 0 spiro atoms. The normalized spacial score (nSPS) is 11.1. The number of halogens is 1. The maximum atomic E-state index is 11.8. The van der Waals surface area contributed by atoms with Gasteiger partial charge in [-0.15, -0.1) is 0 Å². The zero-order valence-electron chi connectivity index (χ0n) is 18.8. The highest BCUT2D eigenvalue weighted by Crippen LogP contribution is 2.13. The molecule has 1 heterocycles. The second-order valence-electron chi connectivity index (χ2n) is 8.32. The van der Waals surface area contributed by atoms with E-state index in [1.807, 2.05) is 0 Å². The van der Waals surface area contributed by atoms with Crippen LogP contribution >= 0.6 is 11.6 Å². The maximum Gasteiger partial charge on any atom is 0.221 e. The monoisotopic (exact) mass is 425 g/mol. The lowest BCUT2D eigenvalue weighted by Gasteiger charge is -2.06. The number of hydrogen-bond donors (Lipinski definition) is 1. The Morgan fingerprint density at radius 1 is 0.862 bits per heavy atom. The average molecular weight is 426 g/mol. The minimum atomic E-state index is 0.0950. The van der Waals surface area contributed by atoms with Crippen molar-refractivity contribution in [3.63, 3.8) is 0 Å². The van der Waals surface area contributed by atoms with Crippen molar-refractivity contribution >= 4 is 17.5 Å². The number of hydrogen-bond acceptors (Lipinski definition) is 2. The first kappa shape index (κ1) is 26.0. The van der Waals surface area contributed by atoms with Gasteiger partial charge in [-0.2, -0.15) is 5.10 Å². The molecule has 0 aliphatic heterocycles. The molecule has 1 aromatic rings. The summed E-state index contributed by atoms with van der Waals surface area (Å²) >= 11 is 5.81. The zero-order chi connectivity index (χ0) is 21.0. The van der Waals surface area contributed by atoms with Crippen molar-refractivity contribution in [3.05, 3.63) is 17.4 Å². The molecule has 0 saturated heterocycles. The number of nitrogens with one attached hydrogen (secondary N) is 1. The molecule has 1 N–H and O–H groups in total. The lowest BCUT2D eigenvalue weighted by molar-refractivity contribution is -0.121. The van der Waals surface area contributed by atoms with Gasteiger partial charge >= 0.3 is 0 Å². The van der Waals surface area contributed by atoms with Gasteiger partial charge in [0, 0.05) is 25.7 Å². The standard InChI is InChI=1S/C24H44ClN3O/c1-2-3-4-5-6-7-8-9-10-11-12-13-14-15-16-17-19-26-24(29)18-20-28-22-23(25)21-27-28/h21-22H,2-20H2,1H3,(H,26,29). The average Bonchev–Trinajstić information content (AvgIpc) is 3.14. The second-order valence-corrected chi connectivity index (χ2v) is 8.76. The molecule has 0 atom stereocenters. The van der Waals surface area contributed by atoms with Crippen molar-refractivity contribution in [2.45, 2.75) is 123 Å². The SMILES string of the molecule is CCCCCCCCCCCCCCCCCCNC(=O)CCn1cc(Cl)cn1. The number of aromatic nitrogens is 2. The van der Waals surface area contributed by atoms with Crippen LogP contribution in [-0.2, 0) is 11.3 Å². The number of amides is 1. The highest BCUT2D eigenvalue weighted by atomic mass is 35.5. The Morgan fingerprint density at radius 3 is 1.79 bits per heavy atom. The van der Waals surface area contributed by atoms with E-state index in [4.69, 9.17) is 11.6 Å². The van der Waals surface area contributed by atoms with Gasteiger partial charge in [-0.25, -0.2) is 0 Å². The fourth-order valence-electron chi connectivity index (χ4n) is 3.67. The van der Waals surface area contributed by atoms with E-state index in [2.05, 4.69) is 17.3 Å². The summed E-state index contributed by atoms with van der Waals surface area (Å²) in [6, 6.07) is 0. The van der Waals surface area contributed by atoms with Crippen molar-refractivity contribution in [1.82, 2.24) is 15.1 Å². The van der Waals surface area contributed by atoms with E-state index in [-0.39, 0.29) is 5.91 Å². The van der Waals surface area contributed by atoms with Gasteiger partial charge in [-0.1, -0.05) is 115 Å². The number of rotatable bonds is 20.